The van der Waals surface area contributed by atoms with E-state index in [4.69, 9.17) is 4.74 Å². The van der Waals surface area contributed by atoms with E-state index in [2.05, 4.69) is 0 Å². The molecule has 0 saturated heterocycles. The number of hydrogen-bond donors (Lipinski definition) is 1. The molecule has 4 heteroatoms. The summed E-state index contributed by atoms with van der Waals surface area (Å²) in [6, 6.07) is 5.70. The van der Waals surface area contributed by atoms with E-state index in [9.17, 15) is 9.90 Å². The minimum atomic E-state index is -0.886. The van der Waals surface area contributed by atoms with E-state index >= 15 is 0 Å². The lowest BCUT2D eigenvalue weighted by molar-refractivity contribution is 0.0686. The molecule has 18 heavy (non-hydrogen) atoms. The second-order valence-corrected chi connectivity index (χ2v) is 4.16. The average molecular weight is 247 g/mol. The predicted octanol–water partition coefficient (Wildman–Crippen LogP) is 2.84. The van der Waals surface area contributed by atoms with Crippen molar-refractivity contribution in [1.29, 1.82) is 0 Å². The van der Waals surface area contributed by atoms with Crippen LogP contribution >= 0.6 is 0 Å². The average Bonchev–Trinajstić information content (AvgIpc) is 2.62. The van der Waals surface area contributed by atoms with Crippen molar-refractivity contribution in [2.75, 3.05) is 6.61 Å². The molecule has 0 fully saturated rings. The minimum absolute atomic E-state index is 0.362. The van der Waals surface area contributed by atoms with Crippen molar-refractivity contribution in [3.05, 3.63) is 29.5 Å². The Morgan fingerprint density at radius 3 is 2.67 bits per heavy atom. The van der Waals surface area contributed by atoms with Gasteiger partial charge >= 0.3 is 5.97 Å². The number of aromatic nitrogens is 1. The van der Waals surface area contributed by atoms with Gasteiger partial charge in [0.2, 0.25) is 0 Å². The summed E-state index contributed by atoms with van der Waals surface area (Å²) in [4.78, 5) is 11.3. The van der Waals surface area contributed by atoms with Crippen LogP contribution in [0.4, 0.5) is 0 Å². The van der Waals surface area contributed by atoms with Crippen LogP contribution in [0.1, 0.15) is 29.9 Å². The van der Waals surface area contributed by atoms with Crippen LogP contribution in [-0.4, -0.2) is 22.2 Å². The van der Waals surface area contributed by atoms with Crippen LogP contribution in [0.15, 0.2) is 18.2 Å². The van der Waals surface area contributed by atoms with Crippen molar-refractivity contribution in [2.24, 2.45) is 7.05 Å². The molecule has 0 amide bonds. The van der Waals surface area contributed by atoms with Crippen molar-refractivity contribution in [1.82, 2.24) is 4.57 Å². The molecule has 0 saturated carbocycles. The van der Waals surface area contributed by atoms with Crippen LogP contribution in [0.25, 0.3) is 10.9 Å². The molecule has 0 bridgehead atoms. The fourth-order valence-corrected chi connectivity index (χ4v) is 2.39. The number of aryl methyl sites for hydroxylation is 2. The molecule has 96 valence electrons. The summed E-state index contributed by atoms with van der Waals surface area (Å²) in [5, 5.41) is 10.3. The number of rotatable bonds is 4. The quantitative estimate of drug-likeness (QED) is 0.903. The summed E-state index contributed by atoms with van der Waals surface area (Å²) in [5.41, 5.74) is 2.15. The molecule has 0 spiro atoms. The first kappa shape index (κ1) is 12.5. The first-order valence-electron chi connectivity index (χ1n) is 6.07. The van der Waals surface area contributed by atoms with Crippen LogP contribution < -0.4 is 4.74 Å². The molecule has 0 atom stereocenters. The van der Waals surface area contributed by atoms with E-state index < -0.39 is 5.97 Å². The van der Waals surface area contributed by atoms with E-state index in [1.165, 1.54) is 0 Å². The molecular weight excluding hydrogens is 230 g/mol. The number of benzene rings is 1. The smallest absolute Gasteiger partial charge is 0.352 e. The van der Waals surface area contributed by atoms with Gasteiger partial charge in [0, 0.05) is 18.0 Å². The topological polar surface area (TPSA) is 51.5 Å². The molecule has 0 unspecified atom stereocenters. The number of fused-ring (bicyclic) bond motifs is 1. The molecule has 2 rings (SSSR count). The van der Waals surface area contributed by atoms with Gasteiger partial charge in [0.25, 0.3) is 0 Å². The van der Waals surface area contributed by atoms with Gasteiger partial charge in [-0.2, -0.15) is 0 Å². The monoisotopic (exact) mass is 247 g/mol. The van der Waals surface area contributed by atoms with Crippen LogP contribution in [0.5, 0.6) is 5.75 Å². The lowest BCUT2D eigenvalue weighted by Gasteiger charge is -2.03. The Morgan fingerprint density at radius 1 is 1.39 bits per heavy atom. The summed E-state index contributed by atoms with van der Waals surface area (Å²) in [7, 11) is 1.78. The largest absolute Gasteiger partial charge is 0.494 e. The van der Waals surface area contributed by atoms with Gasteiger partial charge in [0.15, 0.2) is 0 Å². The van der Waals surface area contributed by atoms with Crippen LogP contribution in [-0.2, 0) is 13.5 Å². The number of aromatic carboxylic acids is 1. The zero-order valence-corrected chi connectivity index (χ0v) is 10.9. The normalized spacial score (nSPS) is 10.8. The Kier molecular flexibility index (Phi) is 3.28. The molecule has 1 heterocycles. The van der Waals surface area contributed by atoms with Crippen molar-refractivity contribution in [2.45, 2.75) is 20.3 Å². The zero-order valence-electron chi connectivity index (χ0n) is 10.9. The molecule has 1 aromatic carbocycles. The van der Waals surface area contributed by atoms with E-state index in [0.29, 0.717) is 18.7 Å². The third-order valence-corrected chi connectivity index (χ3v) is 3.14. The van der Waals surface area contributed by atoms with Gasteiger partial charge in [0.05, 0.1) is 6.61 Å². The predicted molar refractivity (Wildman–Crippen MR) is 70.4 cm³/mol. The molecule has 0 aliphatic rings. The van der Waals surface area contributed by atoms with Crippen LogP contribution in [0, 0.1) is 0 Å². The van der Waals surface area contributed by atoms with Gasteiger partial charge in [-0.1, -0.05) is 6.92 Å². The molecule has 1 N–H and O–H groups in total. The van der Waals surface area contributed by atoms with E-state index in [1.54, 1.807) is 11.6 Å². The summed E-state index contributed by atoms with van der Waals surface area (Å²) < 4.78 is 7.19. The Morgan fingerprint density at radius 2 is 2.11 bits per heavy atom. The van der Waals surface area contributed by atoms with Gasteiger partial charge in [-0.25, -0.2) is 4.79 Å². The zero-order chi connectivity index (χ0) is 13.3. The Balaban J connectivity index is 2.73. The highest BCUT2D eigenvalue weighted by atomic mass is 16.5. The molecule has 2 aromatic rings. The Hall–Kier alpha value is -1.97. The van der Waals surface area contributed by atoms with Crippen molar-refractivity contribution >= 4 is 16.9 Å². The number of carboxylic acid groups (broad SMARTS) is 1. The maximum atomic E-state index is 11.3. The lowest BCUT2D eigenvalue weighted by atomic mass is 10.1. The second-order valence-electron chi connectivity index (χ2n) is 4.16. The minimum Gasteiger partial charge on any atom is -0.494 e. The lowest BCUT2D eigenvalue weighted by Crippen LogP contribution is -2.06. The maximum Gasteiger partial charge on any atom is 0.352 e. The number of carbonyl (C=O) groups is 1. The van der Waals surface area contributed by atoms with E-state index in [-0.39, 0.29) is 0 Å². The number of ether oxygens (including phenoxy) is 1. The summed E-state index contributed by atoms with van der Waals surface area (Å²) in [5.74, 6) is -0.106. The Labute approximate surface area is 106 Å². The van der Waals surface area contributed by atoms with Gasteiger partial charge in [-0.15, -0.1) is 0 Å². The summed E-state index contributed by atoms with van der Waals surface area (Å²) in [6.45, 7) is 4.50. The van der Waals surface area contributed by atoms with Crippen molar-refractivity contribution in [3.8, 4) is 5.75 Å². The highest BCUT2D eigenvalue weighted by Crippen LogP contribution is 2.29. The van der Waals surface area contributed by atoms with Crippen LogP contribution in [0.3, 0.4) is 0 Å². The molecular formula is C14H17NO3. The number of carboxylic acids is 1. The van der Waals surface area contributed by atoms with Gasteiger partial charge in [-0.3, -0.25) is 0 Å². The standard InChI is InChI=1S/C14H17NO3/c1-4-10-11-8-9(18-5-2)6-7-12(11)15(3)13(10)14(16)17/h6-8H,4-5H2,1-3H3,(H,16,17). The highest BCUT2D eigenvalue weighted by molar-refractivity contribution is 5.98. The third kappa shape index (κ3) is 1.83. The van der Waals surface area contributed by atoms with Crippen molar-refractivity contribution in [3.63, 3.8) is 0 Å². The molecule has 0 radical (unpaired) electrons. The molecule has 0 aliphatic carbocycles. The summed E-state index contributed by atoms with van der Waals surface area (Å²) >= 11 is 0. The van der Waals surface area contributed by atoms with Gasteiger partial charge in [-0.05, 0) is 37.1 Å². The SMILES string of the molecule is CCOc1ccc2c(c1)c(CC)c(C(=O)O)n2C. The van der Waals surface area contributed by atoms with E-state index in [0.717, 1.165) is 22.2 Å². The fourth-order valence-electron chi connectivity index (χ4n) is 2.39. The first-order valence-corrected chi connectivity index (χ1v) is 6.07. The summed E-state index contributed by atoms with van der Waals surface area (Å²) in [6.07, 6.45) is 0.689. The van der Waals surface area contributed by atoms with Gasteiger partial charge < -0.3 is 14.4 Å². The van der Waals surface area contributed by atoms with Gasteiger partial charge in [0.1, 0.15) is 11.4 Å². The Bertz CT molecular complexity index is 599. The first-order chi connectivity index (χ1) is 8.60. The fraction of sp³-hybridized carbons (Fsp3) is 0.357. The third-order valence-electron chi connectivity index (χ3n) is 3.14. The van der Waals surface area contributed by atoms with Crippen LogP contribution in [0.2, 0.25) is 0 Å². The molecule has 4 nitrogen and oxygen atoms in total. The number of hydrogen-bond acceptors (Lipinski definition) is 2. The highest BCUT2D eigenvalue weighted by Gasteiger charge is 2.19. The molecule has 1 aromatic heterocycles. The molecule has 0 aliphatic heterocycles. The second kappa shape index (κ2) is 4.72. The number of nitrogens with zero attached hydrogens (tertiary/aromatic N) is 1. The van der Waals surface area contributed by atoms with E-state index in [1.807, 2.05) is 32.0 Å². The maximum absolute atomic E-state index is 11.3. The van der Waals surface area contributed by atoms with Crippen molar-refractivity contribution < 1.29 is 14.6 Å².